The zero-order valence-corrected chi connectivity index (χ0v) is 8.13. The minimum absolute atomic E-state index is 0.276. The minimum atomic E-state index is -1.61. The van der Waals surface area contributed by atoms with Gasteiger partial charge in [0.05, 0.1) is 13.2 Å². The van der Waals surface area contributed by atoms with Gasteiger partial charge >= 0.3 is 5.97 Å². The Morgan fingerprint density at radius 3 is 2.38 bits per heavy atom. The standard InChI is InChI=1S/C10H6F3NO2/c1-16-10(15)6(4-14)5-2-8(12)9(13)3-7(5)11/h2-3,6H,1H3. The predicted molar refractivity (Wildman–Crippen MR) is 46.7 cm³/mol. The molecule has 0 bridgehead atoms. The Hall–Kier alpha value is -2.03. The summed E-state index contributed by atoms with van der Waals surface area (Å²) in [6.07, 6.45) is 0. The van der Waals surface area contributed by atoms with Gasteiger partial charge in [0.2, 0.25) is 0 Å². The highest BCUT2D eigenvalue weighted by molar-refractivity contribution is 5.81. The summed E-state index contributed by atoms with van der Waals surface area (Å²) in [7, 11) is 1.00. The summed E-state index contributed by atoms with van der Waals surface area (Å²) in [5.41, 5.74) is -0.548. The normalized spacial score (nSPS) is 11.7. The Kier molecular flexibility index (Phi) is 3.51. The molecule has 1 aromatic carbocycles. The molecule has 1 rings (SSSR count). The summed E-state index contributed by atoms with van der Waals surface area (Å²) in [5.74, 6) is -6.54. The van der Waals surface area contributed by atoms with Crippen molar-refractivity contribution < 1.29 is 22.7 Å². The van der Waals surface area contributed by atoms with Crippen LogP contribution >= 0.6 is 0 Å². The largest absolute Gasteiger partial charge is 0.468 e. The van der Waals surface area contributed by atoms with Crippen molar-refractivity contribution in [1.29, 1.82) is 5.26 Å². The number of rotatable bonds is 2. The summed E-state index contributed by atoms with van der Waals surface area (Å²) < 4.78 is 42.9. The van der Waals surface area contributed by atoms with Crippen molar-refractivity contribution >= 4 is 5.97 Å². The maximum atomic E-state index is 13.2. The SMILES string of the molecule is COC(=O)C(C#N)c1cc(F)c(F)cc1F. The van der Waals surface area contributed by atoms with Crippen molar-refractivity contribution in [1.82, 2.24) is 0 Å². The highest BCUT2D eigenvalue weighted by Crippen LogP contribution is 2.22. The first-order valence-corrected chi connectivity index (χ1v) is 4.13. The monoisotopic (exact) mass is 229 g/mol. The van der Waals surface area contributed by atoms with Crippen LogP contribution in [0.2, 0.25) is 0 Å². The molecule has 0 spiro atoms. The van der Waals surface area contributed by atoms with E-state index in [2.05, 4.69) is 4.74 Å². The van der Waals surface area contributed by atoms with Gasteiger partial charge in [-0.3, -0.25) is 4.79 Å². The van der Waals surface area contributed by atoms with Crippen LogP contribution in [-0.4, -0.2) is 13.1 Å². The molecular weight excluding hydrogens is 223 g/mol. The number of methoxy groups -OCH3 is 1. The molecule has 0 heterocycles. The molecule has 0 aliphatic carbocycles. The second kappa shape index (κ2) is 4.66. The van der Waals surface area contributed by atoms with Crippen LogP contribution < -0.4 is 0 Å². The molecule has 1 unspecified atom stereocenters. The molecule has 0 aliphatic heterocycles. The number of halogens is 3. The average molecular weight is 229 g/mol. The van der Waals surface area contributed by atoms with E-state index >= 15 is 0 Å². The smallest absolute Gasteiger partial charge is 0.327 e. The highest BCUT2D eigenvalue weighted by atomic mass is 19.2. The van der Waals surface area contributed by atoms with Crippen LogP contribution in [0.5, 0.6) is 0 Å². The van der Waals surface area contributed by atoms with Crippen molar-refractivity contribution in [2.75, 3.05) is 7.11 Å². The maximum absolute atomic E-state index is 13.2. The number of nitriles is 1. The molecule has 84 valence electrons. The lowest BCUT2D eigenvalue weighted by Crippen LogP contribution is -2.14. The Morgan fingerprint density at radius 2 is 1.88 bits per heavy atom. The second-order valence-corrected chi connectivity index (χ2v) is 2.87. The summed E-state index contributed by atoms with van der Waals surface area (Å²) in [6.45, 7) is 0. The molecule has 0 amide bonds. The lowest BCUT2D eigenvalue weighted by atomic mass is 10.00. The maximum Gasteiger partial charge on any atom is 0.327 e. The van der Waals surface area contributed by atoms with E-state index < -0.39 is 34.9 Å². The Bertz CT molecular complexity index is 468. The quantitative estimate of drug-likeness (QED) is 0.574. The first-order chi connectivity index (χ1) is 7.51. The number of carbonyl (C=O) groups is 1. The van der Waals surface area contributed by atoms with E-state index in [1.807, 2.05) is 0 Å². The minimum Gasteiger partial charge on any atom is -0.468 e. The molecule has 3 nitrogen and oxygen atoms in total. The third-order valence-electron chi connectivity index (χ3n) is 1.92. The Labute approximate surface area is 89.1 Å². The first-order valence-electron chi connectivity index (χ1n) is 4.13. The lowest BCUT2D eigenvalue weighted by Gasteiger charge is -2.08. The average Bonchev–Trinajstić information content (AvgIpc) is 2.26. The van der Waals surface area contributed by atoms with E-state index in [1.165, 1.54) is 6.07 Å². The van der Waals surface area contributed by atoms with E-state index in [-0.39, 0.29) is 6.07 Å². The van der Waals surface area contributed by atoms with Gasteiger partial charge in [-0.25, -0.2) is 13.2 Å². The van der Waals surface area contributed by atoms with Gasteiger partial charge in [0, 0.05) is 11.6 Å². The number of nitrogens with zero attached hydrogens (tertiary/aromatic N) is 1. The zero-order valence-electron chi connectivity index (χ0n) is 8.13. The fourth-order valence-electron chi connectivity index (χ4n) is 1.13. The van der Waals surface area contributed by atoms with Gasteiger partial charge in [-0.1, -0.05) is 0 Å². The zero-order chi connectivity index (χ0) is 12.3. The van der Waals surface area contributed by atoms with E-state index in [4.69, 9.17) is 5.26 Å². The number of carbonyl (C=O) groups excluding carboxylic acids is 1. The van der Waals surface area contributed by atoms with Crippen LogP contribution in [0.3, 0.4) is 0 Å². The first kappa shape index (κ1) is 12.0. The van der Waals surface area contributed by atoms with Crippen LogP contribution in [0.25, 0.3) is 0 Å². The number of hydrogen-bond donors (Lipinski definition) is 0. The summed E-state index contributed by atoms with van der Waals surface area (Å²) in [4.78, 5) is 11.1. The van der Waals surface area contributed by atoms with Crippen molar-refractivity contribution in [3.63, 3.8) is 0 Å². The van der Waals surface area contributed by atoms with E-state index in [0.29, 0.717) is 6.07 Å². The number of ether oxygens (including phenoxy) is 1. The second-order valence-electron chi connectivity index (χ2n) is 2.87. The molecule has 0 N–H and O–H groups in total. The summed E-state index contributed by atoms with van der Waals surface area (Å²) >= 11 is 0. The fraction of sp³-hybridized carbons (Fsp3) is 0.200. The van der Waals surface area contributed by atoms with Crippen molar-refractivity contribution in [3.05, 3.63) is 35.1 Å². The molecule has 0 saturated carbocycles. The molecule has 1 atom stereocenters. The molecule has 0 fully saturated rings. The van der Waals surface area contributed by atoms with Crippen LogP contribution in [0.4, 0.5) is 13.2 Å². The predicted octanol–water partition coefficient (Wildman–Crippen LogP) is 1.88. The number of benzene rings is 1. The van der Waals surface area contributed by atoms with Gasteiger partial charge < -0.3 is 4.74 Å². The third-order valence-corrected chi connectivity index (χ3v) is 1.92. The van der Waals surface area contributed by atoms with Crippen molar-refractivity contribution in [2.45, 2.75) is 5.92 Å². The number of esters is 1. The van der Waals surface area contributed by atoms with Gasteiger partial charge in [0.15, 0.2) is 17.6 Å². The molecule has 16 heavy (non-hydrogen) atoms. The van der Waals surface area contributed by atoms with E-state index in [0.717, 1.165) is 7.11 Å². The highest BCUT2D eigenvalue weighted by Gasteiger charge is 2.25. The van der Waals surface area contributed by atoms with Gasteiger partial charge in [-0.15, -0.1) is 0 Å². The topological polar surface area (TPSA) is 50.1 Å². The van der Waals surface area contributed by atoms with Crippen LogP contribution in [0, 0.1) is 28.8 Å². The molecule has 1 aromatic rings. The molecule has 0 radical (unpaired) electrons. The van der Waals surface area contributed by atoms with Crippen LogP contribution in [0.1, 0.15) is 11.5 Å². The van der Waals surface area contributed by atoms with Gasteiger partial charge in [-0.2, -0.15) is 5.26 Å². The third kappa shape index (κ3) is 2.14. The molecular formula is C10H6F3NO2. The molecule has 6 heteroatoms. The molecule has 0 aliphatic rings. The lowest BCUT2D eigenvalue weighted by molar-refractivity contribution is -0.141. The fourth-order valence-corrected chi connectivity index (χ4v) is 1.13. The Balaban J connectivity index is 3.27. The van der Waals surface area contributed by atoms with Crippen LogP contribution in [0.15, 0.2) is 12.1 Å². The van der Waals surface area contributed by atoms with Gasteiger partial charge in [0.1, 0.15) is 5.82 Å². The van der Waals surface area contributed by atoms with Crippen LogP contribution in [-0.2, 0) is 9.53 Å². The molecule has 0 aromatic heterocycles. The Morgan fingerprint density at radius 1 is 1.31 bits per heavy atom. The van der Waals surface area contributed by atoms with Crippen molar-refractivity contribution in [2.24, 2.45) is 0 Å². The molecule has 0 saturated heterocycles. The van der Waals surface area contributed by atoms with Crippen molar-refractivity contribution in [3.8, 4) is 6.07 Å². The van der Waals surface area contributed by atoms with Gasteiger partial charge in [0.25, 0.3) is 0 Å². The summed E-state index contributed by atoms with van der Waals surface area (Å²) in [5, 5.41) is 8.63. The van der Waals surface area contributed by atoms with Gasteiger partial charge in [-0.05, 0) is 6.07 Å². The van der Waals surface area contributed by atoms with E-state index in [9.17, 15) is 18.0 Å². The number of hydrogen-bond acceptors (Lipinski definition) is 3. The van der Waals surface area contributed by atoms with E-state index in [1.54, 1.807) is 0 Å². The summed E-state index contributed by atoms with van der Waals surface area (Å²) in [6, 6.07) is 2.20.